The molecule has 0 N–H and O–H groups in total. The molecule has 0 aliphatic carbocycles. The molecule has 0 saturated heterocycles. The molecule has 1 unspecified atom stereocenters. The van der Waals surface area contributed by atoms with Crippen LogP contribution in [0.3, 0.4) is 0 Å². The molecule has 0 heterocycles. The minimum absolute atomic E-state index is 0.245. The average Bonchev–Trinajstić information content (AvgIpc) is 2.38. The molecular weight excluding hydrogens is 209 g/mol. The number of hydrogen-bond donors (Lipinski definition) is 0. The molecule has 0 fully saturated rings. The molecule has 1 aromatic rings. The van der Waals surface area contributed by atoms with Crippen LogP contribution in [0.15, 0.2) is 55.6 Å². The van der Waals surface area contributed by atoms with Crippen molar-refractivity contribution in [3.05, 3.63) is 61.2 Å². The fourth-order valence-corrected chi connectivity index (χ4v) is 1.89. The fraction of sp³-hybridized carbons (Fsp3) is 0.286. The van der Waals surface area contributed by atoms with Crippen LogP contribution in [0.25, 0.3) is 0 Å². The van der Waals surface area contributed by atoms with Gasteiger partial charge in [-0.3, -0.25) is 0 Å². The van der Waals surface area contributed by atoms with Crippen LogP contribution in [0.2, 0.25) is 0 Å². The van der Waals surface area contributed by atoms with Gasteiger partial charge >= 0.3 is 7.62 Å². The zero-order chi connectivity index (χ0) is 12.7. The maximum Gasteiger partial charge on any atom is 0.364 e. The molecule has 1 rings (SSSR count). The maximum atomic E-state index is 5.26. The van der Waals surface area contributed by atoms with Gasteiger partial charge in [0.25, 0.3) is 0 Å². The van der Waals surface area contributed by atoms with Crippen molar-refractivity contribution in [2.75, 3.05) is 13.7 Å². The van der Waals surface area contributed by atoms with Crippen LogP contribution in [-0.4, -0.2) is 26.1 Å². The molecule has 0 aliphatic rings. The first kappa shape index (κ1) is 13.7. The molecule has 1 aromatic carbocycles. The van der Waals surface area contributed by atoms with Crippen molar-refractivity contribution in [1.29, 1.82) is 0 Å². The zero-order valence-corrected chi connectivity index (χ0v) is 10.7. The summed E-state index contributed by atoms with van der Waals surface area (Å²) in [5.74, 6) is 0. The van der Waals surface area contributed by atoms with Gasteiger partial charge in [0.05, 0.1) is 5.54 Å². The highest BCUT2D eigenvalue weighted by Crippen LogP contribution is 2.28. The van der Waals surface area contributed by atoms with Crippen LogP contribution in [0.4, 0.5) is 0 Å². The second kappa shape index (κ2) is 6.43. The van der Waals surface area contributed by atoms with Crippen LogP contribution >= 0.6 is 0 Å². The van der Waals surface area contributed by atoms with E-state index in [-0.39, 0.29) is 5.54 Å². The van der Waals surface area contributed by atoms with E-state index in [9.17, 15) is 0 Å². The normalized spacial score (nSPS) is 14.1. The molecule has 0 saturated carbocycles. The molecule has 0 spiro atoms. The molecule has 0 radical (unpaired) electrons. The van der Waals surface area contributed by atoms with E-state index in [1.165, 1.54) is 5.56 Å². The van der Waals surface area contributed by atoms with Gasteiger partial charge in [0.2, 0.25) is 0 Å². The first-order valence-electron chi connectivity index (χ1n) is 5.73. The highest BCUT2D eigenvalue weighted by Gasteiger charge is 2.30. The smallest absolute Gasteiger partial charge is 0.364 e. The Morgan fingerprint density at radius 3 is 2.47 bits per heavy atom. The van der Waals surface area contributed by atoms with Crippen LogP contribution in [-0.2, 0) is 10.2 Å². The zero-order valence-electron chi connectivity index (χ0n) is 10.7. The summed E-state index contributed by atoms with van der Waals surface area (Å²) in [7, 11) is 2.24. The third-order valence-electron chi connectivity index (χ3n) is 3.05. The lowest BCUT2D eigenvalue weighted by Gasteiger charge is -2.38. The molecule has 3 heteroatoms. The number of rotatable bonds is 7. The Kier molecular flexibility index (Phi) is 5.20. The van der Waals surface area contributed by atoms with E-state index in [1.807, 2.05) is 30.4 Å². The van der Waals surface area contributed by atoms with Gasteiger partial charge < -0.3 is 9.47 Å². The van der Waals surface area contributed by atoms with E-state index in [2.05, 4.69) is 37.0 Å². The summed E-state index contributed by atoms with van der Waals surface area (Å²) in [6.07, 6.45) is 3.83. The van der Waals surface area contributed by atoms with Crippen LogP contribution in [0, 0.1) is 0 Å². The van der Waals surface area contributed by atoms with Crippen molar-refractivity contribution < 1.29 is 4.65 Å². The highest BCUT2D eigenvalue weighted by molar-refractivity contribution is 6.23. The lowest BCUT2D eigenvalue weighted by atomic mass is 9.86. The molecule has 2 nitrogen and oxygen atoms in total. The highest BCUT2D eigenvalue weighted by atomic mass is 16.4. The van der Waals surface area contributed by atoms with E-state index < -0.39 is 0 Å². The Labute approximate surface area is 105 Å². The quantitative estimate of drug-likeness (QED) is 0.526. The van der Waals surface area contributed by atoms with Gasteiger partial charge in [0.1, 0.15) is 0 Å². The number of benzene rings is 1. The Morgan fingerprint density at radius 1 is 1.35 bits per heavy atom. The van der Waals surface area contributed by atoms with Gasteiger partial charge in [-0.2, -0.15) is 0 Å². The molecule has 90 valence electrons. The van der Waals surface area contributed by atoms with Crippen molar-refractivity contribution in [2.24, 2.45) is 0 Å². The van der Waals surface area contributed by atoms with Crippen molar-refractivity contribution in [3.8, 4) is 0 Å². The van der Waals surface area contributed by atoms with Gasteiger partial charge in [-0.05, 0) is 12.5 Å². The van der Waals surface area contributed by atoms with Gasteiger partial charge in [-0.15, -0.1) is 13.2 Å². The third-order valence-corrected chi connectivity index (χ3v) is 3.05. The van der Waals surface area contributed by atoms with Gasteiger partial charge in [-0.25, -0.2) is 0 Å². The Morgan fingerprint density at radius 2 is 2.00 bits per heavy atom. The van der Waals surface area contributed by atoms with Crippen molar-refractivity contribution in [2.45, 2.75) is 12.5 Å². The lowest BCUT2D eigenvalue weighted by molar-refractivity contribution is 0.247. The molecule has 1 atom stereocenters. The first-order chi connectivity index (χ1) is 8.19. The van der Waals surface area contributed by atoms with Gasteiger partial charge in [0, 0.05) is 13.7 Å². The van der Waals surface area contributed by atoms with Crippen molar-refractivity contribution in [1.82, 2.24) is 4.81 Å². The van der Waals surface area contributed by atoms with Crippen LogP contribution in [0.1, 0.15) is 12.5 Å². The minimum atomic E-state index is -0.245. The molecule has 0 bridgehead atoms. The molecule has 17 heavy (non-hydrogen) atoms. The van der Waals surface area contributed by atoms with E-state index in [0.29, 0.717) is 7.62 Å². The second-order valence-corrected chi connectivity index (χ2v) is 4.15. The Hall–Kier alpha value is -1.32. The summed E-state index contributed by atoms with van der Waals surface area (Å²) in [6.45, 7) is 10.6. The van der Waals surface area contributed by atoms with Crippen LogP contribution in [0.5, 0.6) is 0 Å². The van der Waals surface area contributed by atoms with E-state index >= 15 is 0 Å². The van der Waals surface area contributed by atoms with Crippen LogP contribution < -0.4 is 0 Å². The van der Waals surface area contributed by atoms with Crippen molar-refractivity contribution >= 4 is 7.62 Å². The number of hydrogen-bond acceptors (Lipinski definition) is 2. The van der Waals surface area contributed by atoms with Gasteiger partial charge in [-0.1, -0.05) is 42.5 Å². The molecular formula is C14H20BNO. The van der Waals surface area contributed by atoms with Gasteiger partial charge in [0.15, 0.2) is 0 Å². The van der Waals surface area contributed by atoms with E-state index in [0.717, 1.165) is 6.54 Å². The summed E-state index contributed by atoms with van der Waals surface area (Å²) in [5.41, 5.74) is 0.958. The molecule has 0 aliphatic heterocycles. The predicted octanol–water partition coefficient (Wildman–Crippen LogP) is 2.49. The summed E-state index contributed by atoms with van der Waals surface area (Å²) in [4.78, 5) is 2.18. The fourth-order valence-electron chi connectivity index (χ4n) is 1.89. The second-order valence-electron chi connectivity index (χ2n) is 4.15. The molecule has 0 amide bonds. The van der Waals surface area contributed by atoms with E-state index in [1.54, 1.807) is 7.11 Å². The largest absolute Gasteiger partial charge is 0.427 e. The number of nitrogens with zero attached hydrogens (tertiary/aromatic N) is 1. The Bertz CT molecular complexity index is 366. The predicted molar refractivity (Wildman–Crippen MR) is 75.1 cm³/mol. The average molecular weight is 229 g/mol. The SMILES string of the molecule is C=CCN(BOC)C(C)(C=C)c1ccccc1. The monoisotopic (exact) mass is 229 g/mol. The Balaban J connectivity index is 3.07. The standard InChI is InChI=1S/C14H20BNO/c1-5-12-16(15-17-4)14(3,6-2)13-10-8-7-9-11-13/h5-11,15H,1-2,12H2,3-4H3. The topological polar surface area (TPSA) is 12.5 Å². The summed E-state index contributed by atoms with van der Waals surface area (Å²) < 4.78 is 5.26. The summed E-state index contributed by atoms with van der Waals surface area (Å²) in [5, 5.41) is 0. The minimum Gasteiger partial charge on any atom is -0.427 e. The van der Waals surface area contributed by atoms with E-state index in [4.69, 9.17) is 4.65 Å². The van der Waals surface area contributed by atoms with Crippen molar-refractivity contribution in [3.63, 3.8) is 0 Å². The maximum absolute atomic E-state index is 5.26. The summed E-state index contributed by atoms with van der Waals surface area (Å²) >= 11 is 0. The molecule has 0 aromatic heterocycles. The first-order valence-corrected chi connectivity index (χ1v) is 5.73. The third kappa shape index (κ3) is 3.08. The summed E-state index contributed by atoms with van der Waals surface area (Å²) in [6, 6.07) is 10.3. The lowest BCUT2D eigenvalue weighted by Crippen LogP contribution is -2.45.